The van der Waals surface area contributed by atoms with Gasteiger partial charge < -0.3 is 14.4 Å². The first-order chi connectivity index (χ1) is 18.7. The number of rotatable bonds is 8. The summed E-state index contributed by atoms with van der Waals surface area (Å²) in [7, 11) is -0.844. The summed E-state index contributed by atoms with van der Waals surface area (Å²) in [5.41, 5.74) is 2.09. The number of carbonyl (C=O) groups excluding carboxylic acids is 1. The van der Waals surface area contributed by atoms with Gasteiger partial charge >= 0.3 is 5.97 Å². The van der Waals surface area contributed by atoms with Crippen molar-refractivity contribution in [2.24, 2.45) is 0 Å². The number of aryl methyl sites for hydroxylation is 1. The molecule has 0 bridgehead atoms. The minimum absolute atomic E-state index is 0.118. The summed E-state index contributed by atoms with van der Waals surface area (Å²) in [6.45, 7) is 5.03. The van der Waals surface area contributed by atoms with Crippen LogP contribution in [0.5, 0.6) is 5.75 Å². The van der Waals surface area contributed by atoms with Gasteiger partial charge in [-0.2, -0.15) is 0 Å². The number of para-hydroxylation sites is 1. The Bertz CT molecular complexity index is 1500. The number of hydrogen-bond donors (Lipinski definition) is 0. The minimum Gasteiger partial charge on any atom is -0.481 e. The zero-order valence-corrected chi connectivity index (χ0v) is 24.6. The molecule has 0 aliphatic carbocycles. The molecule has 3 aromatic rings. The third kappa shape index (κ3) is 6.64. The quantitative estimate of drug-likeness (QED) is 0.242. The summed E-state index contributed by atoms with van der Waals surface area (Å²) in [5.74, 6) is 6.17. The van der Waals surface area contributed by atoms with Crippen LogP contribution in [0.1, 0.15) is 28.8 Å². The second kappa shape index (κ2) is 12.7. The van der Waals surface area contributed by atoms with Gasteiger partial charge in [0.25, 0.3) is 0 Å². The Morgan fingerprint density at radius 1 is 1.05 bits per heavy atom. The number of sulfone groups is 1. The van der Waals surface area contributed by atoms with Crippen molar-refractivity contribution >= 4 is 43.1 Å². The van der Waals surface area contributed by atoms with Gasteiger partial charge in [-0.05, 0) is 86.9 Å². The lowest BCUT2D eigenvalue weighted by atomic mass is 10.1. The van der Waals surface area contributed by atoms with Gasteiger partial charge in [0.05, 0.1) is 40.4 Å². The van der Waals surface area contributed by atoms with Gasteiger partial charge in [-0.3, -0.25) is 4.90 Å². The molecular formula is C30H31BrN2O5S. The maximum Gasteiger partial charge on any atom is 0.340 e. The van der Waals surface area contributed by atoms with E-state index in [0.29, 0.717) is 22.7 Å². The van der Waals surface area contributed by atoms with Gasteiger partial charge in [-0.25, -0.2) is 13.2 Å². The normalized spacial score (nSPS) is 13.4. The van der Waals surface area contributed by atoms with Crippen molar-refractivity contribution in [1.82, 2.24) is 4.90 Å². The molecule has 1 fully saturated rings. The van der Waals surface area contributed by atoms with Gasteiger partial charge in [0.15, 0.2) is 0 Å². The van der Waals surface area contributed by atoms with E-state index in [9.17, 15) is 13.2 Å². The summed E-state index contributed by atoms with van der Waals surface area (Å²) in [6.07, 6.45) is 2.46. The molecule has 0 amide bonds. The molecule has 7 nitrogen and oxygen atoms in total. The van der Waals surface area contributed by atoms with Crippen LogP contribution in [0.25, 0.3) is 0 Å². The van der Waals surface area contributed by atoms with E-state index in [1.54, 1.807) is 54.4 Å². The highest BCUT2D eigenvalue weighted by Gasteiger charge is 2.26. The summed E-state index contributed by atoms with van der Waals surface area (Å²) in [6, 6.07) is 16.6. The number of ether oxygens (including phenoxy) is 2. The number of carbonyl (C=O) groups is 1. The van der Waals surface area contributed by atoms with E-state index in [1.807, 2.05) is 13.0 Å². The Labute approximate surface area is 238 Å². The van der Waals surface area contributed by atoms with E-state index >= 15 is 0 Å². The minimum atomic E-state index is -3.89. The smallest absolute Gasteiger partial charge is 0.340 e. The van der Waals surface area contributed by atoms with Crippen LogP contribution in [0.2, 0.25) is 0 Å². The number of anilines is 2. The first-order valence-corrected chi connectivity index (χ1v) is 14.9. The Kier molecular flexibility index (Phi) is 9.33. The van der Waals surface area contributed by atoms with Crippen LogP contribution in [0, 0.1) is 18.8 Å². The van der Waals surface area contributed by atoms with Crippen molar-refractivity contribution in [3.8, 4) is 17.6 Å². The maximum atomic E-state index is 13.7. The highest BCUT2D eigenvalue weighted by molar-refractivity contribution is 9.10. The number of hydrogen-bond acceptors (Lipinski definition) is 7. The van der Waals surface area contributed by atoms with Crippen LogP contribution in [-0.4, -0.2) is 59.7 Å². The van der Waals surface area contributed by atoms with Crippen LogP contribution in [-0.2, 0) is 14.6 Å². The Hall–Kier alpha value is -3.32. The van der Waals surface area contributed by atoms with E-state index < -0.39 is 15.8 Å². The standard InChI is InChI=1S/C30H31BrN2O5S/c1-22-20-23(31)21-26(30(34)37-3)29(22)32(2)27-10-4-5-11-28(27)39(35,36)25-14-12-24(13-15-25)38-19-9-8-18-33-16-6-7-17-33/h4-5,10-15,20-21H,6-7,16-19H2,1-3H3. The molecule has 0 unspecified atom stereocenters. The molecule has 3 aromatic carbocycles. The van der Waals surface area contributed by atoms with Gasteiger partial charge in [0, 0.05) is 11.5 Å². The summed E-state index contributed by atoms with van der Waals surface area (Å²) in [5, 5.41) is 0. The topological polar surface area (TPSA) is 76.1 Å². The van der Waals surface area contributed by atoms with Crippen molar-refractivity contribution in [3.63, 3.8) is 0 Å². The Morgan fingerprint density at radius 3 is 2.44 bits per heavy atom. The summed E-state index contributed by atoms with van der Waals surface area (Å²) >= 11 is 3.43. The number of nitrogens with zero attached hydrogens (tertiary/aromatic N) is 2. The van der Waals surface area contributed by atoms with Crippen LogP contribution < -0.4 is 9.64 Å². The molecule has 39 heavy (non-hydrogen) atoms. The monoisotopic (exact) mass is 610 g/mol. The van der Waals surface area contributed by atoms with Crippen molar-refractivity contribution in [3.05, 3.63) is 76.3 Å². The van der Waals surface area contributed by atoms with Crippen LogP contribution in [0.15, 0.2) is 74.9 Å². The first kappa shape index (κ1) is 28.7. The molecule has 1 heterocycles. The van der Waals surface area contributed by atoms with Crippen LogP contribution in [0.4, 0.5) is 11.4 Å². The van der Waals surface area contributed by atoms with Crippen LogP contribution >= 0.6 is 15.9 Å². The lowest BCUT2D eigenvalue weighted by molar-refractivity contribution is 0.0601. The number of likely N-dealkylation sites (tertiary alicyclic amines) is 1. The lowest BCUT2D eigenvalue weighted by Crippen LogP contribution is -2.19. The molecule has 4 rings (SSSR count). The summed E-state index contributed by atoms with van der Waals surface area (Å²) in [4.78, 5) is 16.8. The second-order valence-electron chi connectivity index (χ2n) is 9.24. The molecule has 1 saturated heterocycles. The van der Waals surface area contributed by atoms with Crippen molar-refractivity contribution in [1.29, 1.82) is 0 Å². The second-order valence-corrected chi connectivity index (χ2v) is 12.1. The molecule has 0 spiro atoms. The highest BCUT2D eigenvalue weighted by Crippen LogP contribution is 2.38. The van der Waals surface area contributed by atoms with Crippen LogP contribution in [0.3, 0.4) is 0 Å². The fraction of sp³-hybridized carbons (Fsp3) is 0.300. The third-order valence-electron chi connectivity index (χ3n) is 6.59. The Morgan fingerprint density at radius 2 is 1.74 bits per heavy atom. The largest absolute Gasteiger partial charge is 0.481 e. The SMILES string of the molecule is COC(=O)c1cc(Br)cc(C)c1N(C)c1ccccc1S(=O)(=O)c1ccc(OCC#CCN2CCCC2)cc1. The number of halogens is 1. The van der Waals surface area contributed by atoms with E-state index in [2.05, 4.69) is 32.7 Å². The van der Waals surface area contributed by atoms with Crippen molar-refractivity contribution in [2.75, 3.05) is 45.3 Å². The average Bonchev–Trinajstić information content (AvgIpc) is 3.45. The zero-order chi connectivity index (χ0) is 28.0. The molecular weight excluding hydrogens is 580 g/mol. The molecule has 0 saturated carbocycles. The molecule has 204 valence electrons. The van der Waals surface area contributed by atoms with E-state index in [1.165, 1.54) is 32.1 Å². The lowest BCUT2D eigenvalue weighted by Gasteiger charge is -2.26. The fourth-order valence-corrected chi connectivity index (χ4v) is 6.71. The molecule has 1 aliphatic rings. The number of methoxy groups -OCH3 is 1. The third-order valence-corrected chi connectivity index (χ3v) is 8.87. The van der Waals surface area contributed by atoms with Gasteiger partial charge in [0.1, 0.15) is 12.4 Å². The molecule has 9 heteroatoms. The van der Waals surface area contributed by atoms with Gasteiger partial charge in [0.2, 0.25) is 9.84 Å². The molecule has 0 aromatic heterocycles. The highest BCUT2D eigenvalue weighted by atomic mass is 79.9. The fourth-order valence-electron chi connectivity index (χ4n) is 4.65. The Balaban J connectivity index is 1.57. The molecule has 0 atom stereocenters. The summed E-state index contributed by atoms with van der Waals surface area (Å²) < 4.78 is 38.9. The van der Waals surface area contributed by atoms with E-state index in [0.717, 1.165) is 29.7 Å². The number of esters is 1. The van der Waals surface area contributed by atoms with E-state index in [4.69, 9.17) is 9.47 Å². The molecule has 0 N–H and O–H groups in total. The maximum absolute atomic E-state index is 13.7. The van der Waals surface area contributed by atoms with Crippen molar-refractivity contribution < 1.29 is 22.7 Å². The van der Waals surface area contributed by atoms with Crippen molar-refractivity contribution in [2.45, 2.75) is 29.6 Å². The predicted octanol–water partition coefficient (Wildman–Crippen LogP) is 5.62. The average molecular weight is 612 g/mol. The first-order valence-electron chi connectivity index (χ1n) is 12.6. The molecule has 1 aliphatic heterocycles. The zero-order valence-electron chi connectivity index (χ0n) is 22.2. The number of benzene rings is 3. The molecule has 0 radical (unpaired) electrons. The van der Waals surface area contributed by atoms with Gasteiger partial charge in [-0.15, -0.1) is 0 Å². The predicted molar refractivity (Wildman–Crippen MR) is 156 cm³/mol. The van der Waals surface area contributed by atoms with E-state index in [-0.39, 0.29) is 16.4 Å². The van der Waals surface area contributed by atoms with Gasteiger partial charge in [-0.1, -0.05) is 39.9 Å².